The lowest BCUT2D eigenvalue weighted by molar-refractivity contribution is 0.0679. The van der Waals surface area contributed by atoms with E-state index in [9.17, 15) is 4.79 Å². The summed E-state index contributed by atoms with van der Waals surface area (Å²) in [6, 6.07) is 0. The van der Waals surface area contributed by atoms with Crippen LogP contribution in [0, 0.1) is 0 Å². The van der Waals surface area contributed by atoms with Crippen LogP contribution >= 0.6 is 12.6 Å². The van der Waals surface area contributed by atoms with E-state index in [-0.39, 0.29) is 5.82 Å². The number of thiol groups is 1. The molecule has 0 unspecified atom stereocenters. The standard InChI is InChI=1S/C6H8N2O2S/c1-8-4(3-11)2-7-5(8)6(9)10/h2,11H,3H2,1H3,(H,9,10). The molecule has 1 heterocycles. The maximum Gasteiger partial charge on any atom is 0.372 e. The Bertz CT molecular complexity index is 282. The minimum absolute atomic E-state index is 0.0500. The average molecular weight is 172 g/mol. The van der Waals surface area contributed by atoms with Gasteiger partial charge in [-0.2, -0.15) is 12.6 Å². The molecule has 0 radical (unpaired) electrons. The van der Waals surface area contributed by atoms with Gasteiger partial charge in [-0.15, -0.1) is 0 Å². The highest BCUT2D eigenvalue weighted by Gasteiger charge is 2.10. The summed E-state index contributed by atoms with van der Waals surface area (Å²) in [6.45, 7) is 0. The van der Waals surface area contributed by atoms with Gasteiger partial charge in [0.15, 0.2) is 0 Å². The summed E-state index contributed by atoms with van der Waals surface area (Å²) in [5.74, 6) is -0.467. The second-order valence-corrected chi connectivity index (χ2v) is 2.41. The normalized spacial score (nSPS) is 10.0. The molecule has 0 saturated heterocycles. The van der Waals surface area contributed by atoms with E-state index in [0.717, 1.165) is 5.69 Å². The van der Waals surface area contributed by atoms with E-state index in [1.807, 2.05) is 0 Å². The van der Waals surface area contributed by atoms with Gasteiger partial charge >= 0.3 is 5.97 Å². The van der Waals surface area contributed by atoms with Gasteiger partial charge in [-0.05, 0) is 0 Å². The fraction of sp³-hybridized carbons (Fsp3) is 0.333. The molecule has 0 fully saturated rings. The molecule has 0 atom stereocenters. The summed E-state index contributed by atoms with van der Waals surface area (Å²) in [6.07, 6.45) is 1.51. The first-order valence-electron chi connectivity index (χ1n) is 3.01. The summed E-state index contributed by atoms with van der Waals surface area (Å²) in [4.78, 5) is 14.1. The van der Waals surface area contributed by atoms with Crippen LogP contribution in [-0.4, -0.2) is 20.6 Å². The number of carboxylic acids is 1. The molecule has 4 nitrogen and oxygen atoms in total. The summed E-state index contributed by atoms with van der Waals surface area (Å²) in [7, 11) is 1.65. The fourth-order valence-corrected chi connectivity index (χ4v) is 1.08. The van der Waals surface area contributed by atoms with Gasteiger partial charge in [0.05, 0.1) is 0 Å². The van der Waals surface area contributed by atoms with Crippen LogP contribution in [0.3, 0.4) is 0 Å². The Morgan fingerprint density at radius 1 is 1.91 bits per heavy atom. The van der Waals surface area contributed by atoms with Crippen molar-refractivity contribution < 1.29 is 9.90 Å². The zero-order valence-electron chi connectivity index (χ0n) is 5.98. The van der Waals surface area contributed by atoms with Crippen molar-refractivity contribution >= 4 is 18.6 Å². The number of aromatic carboxylic acids is 1. The predicted molar refractivity (Wildman–Crippen MR) is 42.9 cm³/mol. The fourth-order valence-electron chi connectivity index (χ4n) is 0.790. The number of nitrogens with zero attached hydrogens (tertiary/aromatic N) is 2. The zero-order chi connectivity index (χ0) is 8.43. The van der Waals surface area contributed by atoms with Crippen LogP contribution in [0.5, 0.6) is 0 Å². The summed E-state index contributed by atoms with van der Waals surface area (Å²) >= 11 is 4.01. The van der Waals surface area contributed by atoms with E-state index >= 15 is 0 Å². The number of hydrogen-bond donors (Lipinski definition) is 2. The van der Waals surface area contributed by atoms with E-state index in [2.05, 4.69) is 17.6 Å². The second kappa shape index (κ2) is 2.96. The first kappa shape index (κ1) is 8.13. The number of aromatic nitrogens is 2. The van der Waals surface area contributed by atoms with Crippen molar-refractivity contribution in [1.82, 2.24) is 9.55 Å². The first-order valence-corrected chi connectivity index (χ1v) is 3.64. The van der Waals surface area contributed by atoms with Crippen molar-refractivity contribution in [3.8, 4) is 0 Å². The maximum atomic E-state index is 10.4. The average Bonchev–Trinajstić information content (AvgIpc) is 2.30. The Labute approximate surface area is 69.3 Å². The van der Waals surface area contributed by atoms with Gasteiger partial charge in [-0.3, -0.25) is 0 Å². The molecular formula is C6H8N2O2S. The lowest BCUT2D eigenvalue weighted by atomic mass is 10.5. The van der Waals surface area contributed by atoms with Crippen molar-refractivity contribution in [1.29, 1.82) is 0 Å². The minimum atomic E-state index is -1.01. The number of carboxylic acid groups (broad SMARTS) is 1. The van der Waals surface area contributed by atoms with Crippen LogP contribution in [0.2, 0.25) is 0 Å². The molecule has 60 valence electrons. The van der Waals surface area contributed by atoms with Crippen molar-refractivity contribution in [2.24, 2.45) is 7.05 Å². The molecule has 0 aromatic carbocycles. The molecule has 0 saturated carbocycles. The highest BCUT2D eigenvalue weighted by atomic mass is 32.1. The molecule has 0 aliphatic carbocycles. The third-order valence-electron chi connectivity index (χ3n) is 1.44. The van der Waals surface area contributed by atoms with E-state index in [1.54, 1.807) is 7.05 Å². The Morgan fingerprint density at radius 3 is 2.82 bits per heavy atom. The number of rotatable bonds is 2. The van der Waals surface area contributed by atoms with Crippen LogP contribution in [0.1, 0.15) is 16.3 Å². The van der Waals surface area contributed by atoms with Crippen LogP contribution in [0.25, 0.3) is 0 Å². The molecule has 1 aromatic heterocycles. The third kappa shape index (κ3) is 1.37. The third-order valence-corrected chi connectivity index (χ3v) is 1.76. The van der Waals surface area contributed by atoms with Gasteiger partial charge in [0.1, 0.15) is 0 Å². The largest absolute Gasteiger partial charge is 0.475 e. The molecule has 1 aromatic rings. The molecule has 0 bridgehead atoms. The summed E-state index contributed by atoms with van der Waals surface area (Å²) < 4.78 is 1.51. The van der Waals surface area contributed by atoms with E-state index in [0.29, 0.717) is 5.75 Å². The SMILES string of the molecule is Cn1c(CS)cnc1C(=O)O. The monoisotopic (exact) mass is 172 g/mol. The Balaban J connectivity index is 3.10. The summed E-state index contributed by atoms with van der Waals surface area (Å²) in [5.41, 5.74) is 0.797. The summed E-state index contributed by atoms with van der Waals surface area (Å²) in [5, 5.41) is 8.57. The van der Waals surface area contributed by atoms with Crippen molar-refractivity contribution in [3.63, 3.8) is 0 Å². The quantitative estimate of drug-likeness (QED) is 0.640. The molecule has 0 aliphatic rings. The Kier molecular flexibility index (Phi) is 2.19. The van der Waals surface area contributed by atoms with Gasteiger partial charge < -0.3 is 9.67 Å². The highest BCUT2D eigenvalue weighted by Crippen LogP contribution is 2.04. The van der Waals surface area contributed by atoms with Crippen molar-refractivity contribution in [2.75, 3.05) is 0 Å². The van der Waals surface area contributed by atoms with Crippen molar-refractivity contribution in [2.45, 2.75) is 5.75 Å². The Morgan fingerprint density at radius 2 is 2.55 bits per heavy atom. The van der Waals surface area contributed by atoms with Crippen LogP contribution < -0.4 is 0 Å². The minimum Gasteiger partial charge on any atom is -0.475 e. The first-order chi connectivity index (χ1) is 5.16. The number of carbonyl (C=O) groups is 1. The molecule has 1 N–H and O–H groups in total. The lowest BCUT2D eigenvalue weighted by Crippen LogP contribution is -2.07. The lowest BCUT2D eigenvalue weighted by Gasteiger charge is -1.98. The predicted octanol–water partition coefficient (Wildman–Crippen LogP) is 0.548. The molecular weight excluding hydrogens is 164 g/mol. The maximum absolute atomic E-state index is 10.4. The molecule has 11 heavy (non-hydrogen) atoms. The molecule has 0 aliphatic heterocycles. The smallest absolute Gasteiger partial charge is 0.372 e. The zero-order valence-corrected chi connectivity index (χ0v) is 6.88. The molecule has 5 heteroatoms. The van der Waals surface area contributed by atoms with Crippen molar-refractivity contribution in [3.05, 3.63) is 17.7 Å². The Hall–Kier alpha value is -0.970. The highest BCUT2D eigenvalue weighted by molar-refractivity contribution is 7.79. The molecule has 0 spiro atoms. The number of hydrogen-bond acceptors (Lipinski definition) is 3. The van der Waals surface area contributed by atoms with Gasteiger partial charge in [0.2, 0.25) is 5.82 Å². The van der Waals surface area contributed by atoms with Crippen LogP contribution in [0.15, 0.2) is 6.20 Å². The van der Waals surface area contributed by atoms with E-state index in [1.165, 1.54) is 10.8 Å². The van der Waals surface area contributed by atoms with Gasteiger partial charge in [0.25, 0.3) is 0 Å². The topological polar surface area (TPSA) is 55.1 Å². The van der Waals surface area contributed by atoms with Gasteiger partial charge in [-0.1, -0.05) is 0 Å². The van der Waals surface area contributed by atoms with Crippen LogP contribution in [-0.2, 0) is 12.8 Å². The second-order valence-electron chi connectivity index (χ2n) is 2.10. The van der Waals surface area contributed by atoms with Crippen LogP contribution in [0.4, 0.5) is 0 Å². The van der Waals surface area contributed by atoms with E-state index in [4.69, 9.17) is 5.11 Å². The van der Waals surface area contributed by atoms with E-state index < -0.39 is 5.97 Å². The molecule has 0 amide bonds. The molecule has 1 rings (SSSR count). The number of imidazole rings is 1. The van der Waals surface area contributed by atoms with Gasteiger partial charge in [-0.25, -0.2) is 9.78 Å². The van der Waals surface area contributed by atoms with Gasteiger partial charge in [0, 0.05) is 24.7 Å².